The number of carboxylic acid groups (broad SMARTS) is 1. The predicted molar refractivity (Wildman–Crippen MR) is 67.4 cm³/mol. The first-order chi connectivity index (χ1) is 8.97. The number of amides is 1. The summed E-state index contributed by atoms with van der Waals surface area (Å²) in [6.07, 6.45) is 4.87. The smallest absolute Gasteiger partial charge is 0.312 e. The normalized spacial score (nSPS) is 27.9. The number of carbonyl (C=O) groups is 2. The number of piperidine rings is 1. The van der Waals surface area contributed by atoms with Crippen LogP contribution in [0.15, 0.2) is 0 Å². The van der Waals surface area contributed by atoms with Crippen molar-refractivity contribution >= 4 is 11.9 Å². The van der Waals surface area contributed by atoms with Gasteiger partial charge in [0.2, 0.25) is 5.91 Å². The lowest BCUT2D eigenvalue weighted by atomic mass is 9.76. The zero-order valence-corrected chi connectivity index (χ0v) is 11.1. The molecular weight excluding hydrogens is 246 g/mol. The largest absolute Gasteiger partial charge is 0.481 e. The molecule has 1 aliphatic heterocycles. The third-order valence-corrected chi connectivity index (χ3v) is 5.15. The first-order valence-electron chi connectivity index (χ1n) is 7.20. The molecule has 1 heterocycles. The average Bonchev–Trinajstić information content (AvgIpc) is 3.24. The van der Waals surface area contributed by atoms with E-state index in [9.17, 15) is 19.8 Å². The number of carboxylic acids is 1. The van der Waals surface area contributed by atoms with Gasteiger partial charge >= 0.3 is 5.97 Å². The molecular formula is C14H21NO4. The summed E-state index contributed by atoms with van der Waals surface area (Å²) in [5.41, 5.74) is -2.05. The number of aliphatic carboxylic acids is 1. The Morgan fingerprint density at radius 3 is 2.11 bits per heavy atom. The van der Waals surface area contributed by atoms with Gasteiger partial charge in [-0.05, 0) is 44.4 Å². The Morgan fingerprint density at radius 1 is 1.11 bits per heavy atom. The van der Waals surface area contributed by atoms with Crippen molar-refractivity contribution in [3.8, 4) is 0 Å². The van der Waals surface area contributed by atoms with Gasteiger partial charge in [-0.3, -0.25) is 9.59 Å². The Labute approximate surface area is 112 Å². The molecule has 0 aromatic carbocycles. The molecule has 3 fully saturated rings. The summed E-state index contributed by atoms with van der Waals surface area (Å²) >= 11 is 0. The minimum atomic E-state index is -1.12. The van der Waals surface area contributed by atoms with Crippen LogP contribution < -0.4 is 0 Å². The van der Waals surface area contributed by atoms with Crippen LogP contribution in [0.4, 0.5) is 0 Å². The van der Waals surface area contributed by atoms with E-state index >= 15 is 0 Å². The molecule has 0 radical (unpaired) electrons. The van der Waals surface area contributed by atoms with Crippen molar-refractivity contribution in [1.82, 2.24) is 4.90 Å². The third kappa shape index (κ3) is 2.14. The van der Waals surface area contributed by atoms with Gasteiger partial charge in [0.15, 0.2) is 0 Å². The first-order valence-corrected chi connectivity index (χ1v) is 7.20. The van der Waals surface area contributed by atoms with E-state index < -0.39 is 17.0 Å². The van der Waals surface area contributed by atoms with E-state index in [-0.39, 0.29) is 5.91 Å². The van der Waals surface area contributed by atoms with Crippen molar-refractivity contribution in [2.24, 2.45) is 11.3 Å². The summed E-state index contributed by atoms with van der Waals surface area (Å²) in [4.78, 5) is 25.1. The highest BCUT2D eigenvalue weighted by Gasteiger charge is 2.64. The Balaban J connectivity index is 1.59. The van der Waals surface area contributed by atoms with Gasteiger partial charge in [0.1, 0.15) is 0 Å². The number of hydrogen-bond donors (Lipinski definition) is 2. The molecule has 2 N–H and O–H groups in total. The van der Waals surface area contributed by atoms with E-state index in [4.69, 9.17) is 0 Å². The highest BCUT2D eigenvalue weighted by Crippen LogP contribution is 2.57. The molecule has 106 valence electrons. The predicted octanol–water partition coefficient (Wildman–Crippen LogP) is 1.00. The second-order valence-electron chi connectivity index (χ2n) is 6.45. The van der Waals surface area contributed by atoms with Crippen LogP contribution in [0.3, 0.4) is 0 Å². The van der Waals surface area contributed by atoms with Gasteiger partial charge in [0.25, 0.3) is 0 Å². The summed E-state index contributed by atoms with van der Waals surface area (Å²) in [5.74, 6) is -0.139. The standard InChI is InChI=1S/C14H21NO4/c16-11(9-10-1-2-10)15-7-5-14(19,6-8-15)13(3-4-13)12(17)18/h10,19H,1-9H2,(H,17,18). The van der Waals surface area contributed by atoms with Crippen LogP contribution in [0, 0.1) is 11.3 Å². The monoisotopic (exact) mass is 267 g/mol. The number of nitrogens with zero attached hydrogens (tertiary/aromatic N) is 1. The van der Waals surface area contributed by atoms with Crippen molar-refractivity contribution in [3.63, 3.8) is 0 Å². The van der Waals surface area contributed by atoms with Crippen molar-refractivity contribution < 1.29 is 19.8 Å². The van der Waals surface area contributed by atoms with Crippen molar-refractivity contribution in [2.75, 3.05) is 13.1 Å². The zero-order valence-electron chi connectivity index (χ0n) is 11.1. The number of rotatable bonds is 4. The summed E-state index contributed by atoms with van der Waals surface area (Å²) in [7, 11) is 0. The zero-order chi connectivity index (χ0) is 13.7. The summed E-state index contributed by atoms with van der Waals surface area (Å²) in [6, 6.07) is 0. The molecule has 0 aromatic heterocycles. The fraction of sp³-hybridized carbons (Fsp3) is 0.857. The van der Waals surface area contributed by atoms with Crippen LogP contribution >= 0.6 is 0 Å². The second-order valence-corrected chi connectivity index (χ2v) is 6.45. The summed E-state index contributed by atoms with van der Waals surface area (Å²) in [5, 5.41) is 19.9. The van der Waals surface area contributed by atoms with Crippen molar-refractivity contribution in [3.05, 3.63) is 0 Å². The van der Waals surface area contributed by atoms with Crippen LogP contribution in [-0.2, 0) is 9.59 Å². The highest BCUT2D eigenvalue weighted by molar-refractivity contribution is 5.80. The summed E-state index contributed by atoms with van der Waals surface area (Å²) in [6.45, 7) is 0.994. The minimum absolute atomic E-state index is 0.171. The Morgan fingerprint density at radius 2 is 1.68 bits per heavy atom. The van der Waals surface area contributed by atoms with Crippen molar-refractivity contribution in [1.29, 1.82) is 0 Å². The molecule has 3 rings (SSSR count). The highest BCUT2D eigenvalue weighted by atomic mass is 16.4. The van der Waals surface area contributed by atoms with E-state index in [1.54, 1.807) is 4.90 Å². The van der Waals surface area contributed by atoms with E-state index in [0.717, 1.165) is 12.8 Å². The van der Waals surface area contributed by atoms with Gasteiger partial charge in [0, 0.05) is 19.5 Å². The second kappa shape index (κ2) is 4.20. The van der Waals surface area contributed by atoms with Gasteiger partial charge < -0.3 is 15.1 Å². The molecule has 5 heteroatoms. The van der Waals surface area contributed by atoms with E-state index in [0.29, 0.717) is 51.1 Å². The van der Waals surface area contributed by atoms with E-state index in [1.807, 2.05) is 0 Å². The molecule has 2 aliphatic carbocycles. The lowest BCUT2D eigenvalue weighted by Gasteiger charge is -2.42. The lowest BCUT2D eigenvalue weighted by molar-refractivity contribution is -0.162. The van der Waals surface area contributed by atoms with E-state index in [2.05, 4.69) is 0 Å². The number of carbonyl (C=O) groups excluding carboxylic acids is 1. The SMILES string of the molecule is O=C(CC1CC1)N1CCC(O)(C2(C(=O)O)CC2)CC1. The molecule has 0 atom stereocenters. The number of hydrogen-bond acceptors (Lipinski definition) is 3. The topological polar surface area (TPSA) is 77.8 Å². The van der Waals surface area contributed by atoms with Gasteiger partial charge in [-0.15, -0.1) is 0 Å². The molecule has 1 amide bonds. The van der Waals surface area contributed by atoms with Gasteiger partial charge in [-0.25, -0.2) is 0 Å². The number of aliphatic hydroxyl groups is 1. The maximum Gasteiger partial charge on any atom is 0.312 e. The fourth-order valence-corrected chi connectivity index (χ4v) is 3.31. The quantitative estimate of drug-likeness (QED) is 0.796. The fourth-order valence-electron chi connectivity index (χ4n) is 3.31. The van der Waals surface area contributed by atoms with Crippen LogP contribution in [0.25, 0.3) is 0 Å². The minimum Gasteiger partial charge on any atom is -0.481 e. The lowest BCUT2D eigenvalue weighted by Crippen LogP contribution is -2.53. The van der Waals surface area contributed by atoms with Crippen molar-refractivity contribution in [2.45, 2.75) is 50.5 Å². The third-order valence-electron chi connectivity index (χ3n) is 5.15. The molecule has 3 aliphatic rings. The Hall–Kier alpha value is -1.10. The molecule has 2 saturated carbocycles. The maximum absolute atomic E-state index is 12.0. The average molecular weight is 267 g/mol. The van der Waals surface area contributed by atoms with Gasteiger partial charge in [0.05, 0.1) is 11.0 Å². The molecule has 5 nitrogen and oxygen atoms in total. The van der Waals surface area contributed by atoms with Crippen LogP contribution in [0.2, 0.25) is 0 Å². The molecule has 0 aromatic rings. The summed E-state index contributed by atoms with van der Waals surface area (Å²) < 4.78 is 0. The maximum atomic E-state index is 12.0. The molecule has 0 bridgehead atoms. The van der Waals surface area contributed by atoms with Gasteiger partial charge in [-0.2, -0.15) is 0 Å². The van der Waals surface area contributed by atoms with Crippen LogP contribution in [-0.4, -0.2) is 45.7 Å². The first kappa shape index (κ1) is 12.9. The molecule has 0 unspecified atom stereocenters. The molecule has 1 saturated heterocycles. The van der Waals surface area contributed by atoms with Crippen LogP contribution in [0.1, 0.15) is 44.9 Å². The van der Waals surface area contributed by atoms with Gasteiger partial charge in [-0.1, -0.05) is 0 Å². The van der Waals surface area contributed by atoms with Crippen LogP contribution in [0.5, 0.6) is 0 Å². The Kier molecular flexibility index (Phi) is 2.85. The Bertz CT molecular complexity index is 404. The van der Waals surface area contributed by atoms with E-state index in [1.165, 1.54) is 0 Å². The molecule has 0 spiro atoms. The number of likely N-dealkylation sites (tertiary alicyclic amines) is 1. The molecule has 19 heavy (non-hydrogen) atoms.